The maximum Gasteiger partial charge on any atom is 0.156 e. The third-order valence-electron chi connectivity index (χ3n) is 9.03. The van der Waals surface area contributed by atoms with Crippen molar-refractivity contribution in [2.75, 3.05) is 19.0 Å². The number of allylic oxidation sites excluding steroid dienone is 4. The Hall–Kier alpha value is -2.31. The summed E-state index contributed by atoms with van der Waals surface area (Å²) in [5, 5.41) is 11.7. The Balaban J connectivity index is 1.67. The van der Waals surface area contributed by atoms with Gasteiger partial charge in [0, 0.05) is 37.5 Å². The minimum absolute atomic E-state index is 0.221. The molecule has 3 heteroatoms. The van der Waals surface area contributed by atoms with Crippen LogP contribution in [0.15, 0.2) is 47.1 Å². The van der Waals surface area contributed by atoms with E-state index in [1.54, 1.807) is 5.57 Å². The van der Waals surface area contributed by atoms with Gasteiger partial charge in [0.25, 0.3) is 0 Å². The van der Waals surface area contributed by atoms with Gasteiger partial charge in [0.15, 0.2) is 5.78 Å². The first-order chi connectivity index (χ1) is 15.3. The number of rotatable bonds is 2. The van der Waals surface area contributed by atoms with Crippen LogP contribution >= 0.6 is 0 Å². The first-order valence-corrected chi connectivity index (χ1v) is 12.2. The number of fused-ring (bicyclic) bond motifs is 4. The van der Waals surface area contributed by atoms with E-state index in [-0.39, 0.29) is 17.1 Å². The summed E-state index contributed by atoms with van der Waals surface area (Å²) in [6.07, 6.45) is 8.23. The standard InChI is InChI=1S/C29H35NO2/c1-5-15-29(32)16-14-26-24-12-8-20-17-22(31)11-13-23(20)27(24)25(18-28(26,29)2)19-6-9-21(10-7-19)30(3)4/h6-7,9-10,17,24-26,32H,8,11-14,16,18H2,1-4H3/t24-,25+,26-,28+,29-/m1/s1. The maximum atomic E-state index is 12.2. The van der Waals surface area contributed by atoms with Gasteiger partial charge in [-0.05, 0) is 92.2 Å². The Bertz CT molecular complexity index is 1070. The number of aliphatic hydroxyl groups is 1. The minimum Gasteiger partial charge on any atom is -0.378 e. The van der Waals surface area contributed by atoms with Crippen molar-refractivity contribution >= 4 is 11.5 Å². The number of anilines is 1. The molecule has 32 heavy (non-hydrogen) atoms. The predicted molar refractivity (Wildman–Crippen MR) is 129 cm³/mol. The van der Waals surface area contributed by atoms with Gasteiger partial charge >= 0.3 is 0 Å². The Morgan fingerprint density at radius 3 is 2.53 bits per heavy atom. The van der Waals surface area contributed by atoms with Crippen LogP contribution in [0, 0.1) is 29.1 Å². The molecule has 1 aromatic carbocycles. The second-order valence-corrected chi connectivity index (χ2v) is 10.8. The summed E-state index contributed by atoms with van der Waals surface area (Å²) in [4.78, 5) is 14.3. The van der Waals surface area contributed by atoms with Crippen molar-refractivity contribution in [3.8, 4) is 11.8 Å². The molecule has 4 aliphatic carbocycles. The zero-order valence-corrected chi connectivity index (χ0v) is 19.9. The molecule has 4 aliphatic rings. The Kier molecular flexibility index (Phi) is 5.13. The highest BCUT2D eigenvalue weighted by Gasteiger charge is 2.62. The van der Waals surface area contributed by atoms with Crippen molar-refractivity contribution in [3.05, 3.63) is 52.6 Å². The van der Waals surface area contributed by atoms with Crippen LogP contribution in [0.1, 0.15) is 70.3 Å². The van der Waals surface area contributed by atoms with E-state index >= 15 is 0 Å². The molecule has 3 nitrogen and oxygen atoms in total. The van der Waals surface area contributed by atoms with Crippen LogP contribution in [-0.4, -0.2) is 30.6 Å². The zero-order valence-electron chi connectivity index (χ0n) is 19.9. The molecule has 0 spiro atoms. The quantitative estimate of drug-likeness (QED) is 0.640. The number of nitrogens with zero attached hydrogens (tertiary/aromatic N) is 1. The summed E-state index contributed by atoms with van der Waals surface area (Å²) in [6.45, 7) is 4.15. The normalized spacial score (nSPS) is 35.8. The molecule has 0 radical (unpaired) electrons. The number of hydrogen-bond acceptors (Lipinski definition) is 3. The number of carbonyl (C=O) groups is 1. The molecular weight excluding hydrogens is 394 g/mol. The molecule has 0 bridgehead atoms. The Morgan fingerprint density at radius 2 is 1.84 bits per heavy atom. The second-order valence-electron chi connectivity index (χ2n) is 10.8. The van der Waals surface area contributed by atoms with Crippen LogP contribution < -0.4 is 4.90 Å². The summed E-state index contributed by atoms with van der Waals surface area (Å²) >= 11 is 0. The van der Waals surface area contributed by atoms with Gasteiger partial charge in [-0.2, -0.15) is 0 Å². The molecular formula is C29H35NO2. The van der Waals surface area contributed by atoms with Crippen molar-refractivity contribution in [1.29, 1.82) is 0 Å². The molecule has 0 saturated heterocycles. The third kappa shape index (κ3) is 3.11. The van der Waals surface area contributed by atoms with E-state index in [9.17, 15) is 9.90 Å². The third-order valence-corrected chi connectivity index (χ3v) is 9.03. The Labute approximate surface area is 192 Å². The van der Waals surface area contributed by atoms with E-state index in [0.717, 1.165) is 38.5 Å². The van der Waals surface area contributed by atoms with E-state index in [2.05, 4.69) is 62.0 Å². The number of hydrogen-bond donors (Lipinski definition) is 1. The fraction of sp³-hybridized carbons (Fsp3) is 0.552. The summed E-state index contributed by atoms with van der Waals surface area (Å²) in [6, 6.07) is 8.97. The largest absolute Gasteiger partial charge is 0.378 e. The molecule has 0 heterocycles. The van der Waals surface area contributed by atoms with Gasteiger partial charge < -0.3 is 10.0 Å². The smallest absolute Gasteiger partial charge is 0.156 e. The van der Waals surface area contributed by atoms with E-state index in [4.69, 9.17) is 0 Å². The van der Waals surface area contributed by atoms with Gasteiger partial charge in [0.2, 0.25) is 0 Å². The van der Waals surface area contributed by atoms with E-state index in [1.807, 2.05) is 13.0 Å². The SMILES string of the molecule is CC#C[C@@]1(O)CC[C@@H]2[C@H]3CCC4=CC(=O)CCC4=C3[C@H](c3ccc(N(C)C)cc3)C[C@@]21C. The van der Waals surface area contributed by atoms with E-state index in [1.165, 1.54) is 22.4 Å². The molecule has 2 fully saturated rings. The minimum atomic E-state index is -0.914. The molecule has 0 aliphatic heterocycles. The van der Waals surface area contributed by atoms with Gasteiger partial charge in [0.05, 0.1) is 0 Å². The summed E-state index contributed by atoms with van der Waals surface area (Å²) in [5.74, 6) is 7.76. The van der Waals surface area contributed by atoms with Gasteiger partial charge in [-0.3, -0.25) is 4.79 Å². The van der Waals surface area contributed by atoms with Crippen LogP contribution in [0.3, 0.4) is 0 Å². The van der Waals surface area contributed by atoms with Crippen molar-refractivity contribution in [1.82, 2.24) is 0 Å². The highest BCUT2D eigenvalue weighted by atomic mass is 16.3. The van der Waals surface area contributed by atoms with Gasteiger partial charge in [-0.25, -0.2) is 0 Å². The van der Waals surface area contributed by atoms with Crippen LogP contribution in [0.5, 0.6) is 0 Å². The first kappa shape index (κ1) is 21.5. The fourth-order valence-electron chi connectivity index (χ4n) is 7.38. The molecule has 1 aromatic rings. The molecule has 0 unspecified atom stereocenters. The molecule has 0 aromatic heterocycles. The Morgan fingerprint density at radius 1 is 1.09 bits per heavy atom. The first-order valence-electron chi connectivity index (χ1n) is 12.2. The fourth-order valence-corrected chi connectivity index (χ4v) is 7.38. The van der Waals surface area contributed by atoms with Crippen LogP contribution in [0.4, 0.5) is 5.69 Å². The highest BCUT2D eigenvalue weighted by Crippen LogP contribution is 2.66. The van der Waals surface area contributed by atoms with Crippen LogP contribution in [0.25, 0.3) is 0 Å². The zero-order chi connectivity index (χ0) is 22.7. The van der Waals surface area contributed by atoms with Gasteiger partial charge in [0.1, 0.15) is 5.60 Å². The van der Waals surface area contributed by atoms with Crippen LogP contribution in [0.2, 0.25) is 0 Å². The lowest BCUT2D eigenvalue weighted by atomic mass is 9.51. The molecule has 0 amide bonds. The molecule has 1 N–H and O–H groups in total. The monoisotopic (exact) mass is 429 g/mol. The van der Waals surface area contributed by atoms with Crippen LogP contribution in [-0.2, 0) is 4.79 Å². The maximum absolute atomic E-state index is 12.2. The predicted octanol–water partition coefficient (Wildman–Crippen LogP) is 5.41. The molecule has 5 atom stereocenters. The number of ketones is 1. The molecule has 5 rings (SSSR count). The lowest BCUT2D eigenvalue weighted by Gasteiger charge is -2.53. The van der Waals surface area contributed by atoms with Crippen molar-refractivity contribution in [2.45, 2.75) is 70.3 Å². The van der Waals surface area contributed by atoms with Gasteiger partial charge in [-0.1, -0.05) is 30.6 Å². The van der Waals surface area contributed by atoms with Crippen molar-refractivity contribution in [2.24, 2.45) is 17.3 Å². The second kappa shape index (κ2) is 7.63. The van der Waals surface area contributed by atoms with E-state index < -0.39 is 5.60 Å². The topological polar surface area (TPSA) is 40.5 Å². The average molecular weight is 430 g/mol. The summed E-state index contributed by atoms with van der Waals surface area (Å²) < 4.78 is 0. The van der Waals surface area contributed by atoms with Gasteiger partial charge in [-0.15, -0.1) is 5.92 Å². The van der Waals surface area contributed by atoms with E-state index in [0.29, 0.717) is 18.3 Å². The molecule has 2 saturated carbocycles. The van der Waals surface area contributed by atoms with Crippen molar-refractivity contribution < 1.29 is 9.90 Å². The lowest BCUT2D eigenvalue weighted by Crippen LogP contribution is -2.51. The molecule has 168 valence electrons. The number of benzene rings is 1. The number of carbonyl (C=O) groups excluding carboxylic acids is 1. The lowest BCUT2D eigenvalue weighted by molar-refractivity contribution is -0.114. The van der Waals surface area contributed by atoms with Crippen molar-refractivity contribution in [3.63, 3.8) is 0 Å². The highest BCUT2D eigenvalue weighted by molar-refractivity contribution is 5.93. The summed E-state index contributed by atoms with van der Waals surface area (Å²) in [7, 11) is 4.14. The average Bonchev–Trinajstić information content (AvgIpc) is 3.03. The summed E-state index contributed by atoms with van der Waals surface area (Å²) in [5.41, 5.74) is 5.71.